The zero-order chi connectivity index (χ0) is 19.3. The first-order valence-electron chi connectivity index (χ1n) is 9.98. The van der Waals surface area contributed by atoms with Gasteiger partial charge < -0.3 is 10.2 Å². The van der Waals surface area contributed by atoms with Crippen LogP contribution in [-0.4, -0.2) is 37.1 Å². The lowest BCUT2D eigenvalue weighted by Gasteiger charge is -2.16. The Balaban J connectivity index is 0.00000205. The molecule has 0 aliphatic heterocycles. The molecule has 0 aliphatic rings. The van der Waals surface area contributed by atoms with Gasteiger partial charge in [0.2, 0.25) is 0 Å². The van der Waals surface area contributed by atoms with Crippen molar-refractivity contribution in [2.75, 3.05) is 32.5 Å². The summed E-state index contributed by atoms with van der Waals surface area (Å²) in [6.45, 7) is 4.13. The number of hydrogen-bond acceptors (Lipinski definition) is 3. The Kier molecular flexibility index (Phi) is 5.20. The molecule has 0 fully saturated rings. The molecule has 3 nitrogen and oxygen atoms in total. The second-order valence-electron chi connectivity index (χ2n) is 8.02. The fourth-order valence-electron chi connectivity index (χ4n) is 4.38. The van der Waals surface area contributed by atoms with Gasteiger partial charge in [0.25, 0.3) is 0 Å². The van der Waals surface area contributed by atoms with Crippen molar-refractivity contribution in [2.24, 2.45) is 0 Å². The third-order valence-corrected chi connectivity index (χ3v) is 5.65. The summed E-state index contributed by atoms with van der Waals surface area (Å²) in [5, 5.41) is 12.7. The number of nitrogens with zero attached hydrogens (tertiary/aromatic N) is 2. The highest BCUT2D eigenvalue weighted by Gasteiger charge is 2.14. The van der Waals surface area contributed by atoms with Crippen LogP contribution in [0.15, 0.2) is 54.6 Å². The van der Waals surface area contributed by atoms with E-state index in [1.807, 2.05) is 0 Å². The van der Waals surface area contributed by atoms with E-state index >= 15 is 0 Å². The van der Waals surface area contributed by atoms with Crippen LogP contribution in [0.3, 0.4) is 0 Å². The van der Waals surface area contributed by atoms with Gasteiger partial charge in [-0.3, -0.25) is 4.98 Å². The number of anilines is 1. The molecule has 4 heteroatoms. The lowest BCUT2D eigenvalue weighted by Crippen LogP contribution is -2.16. The highest BCUT2D eigenvalue weighted by Crippen LogP contribution is 2.39. The lowest BCUT2D eigenvalue weighted by molar-refractivity contribution is 0.405. The highest BCUT2D eigenvalue weighted by molar-refractivity contribution is 6.29. The standard InChI is InChI=1S/C25H25N3.ClH/c1-16-14-22(26-12-5-13-28(2)3)21-15-19-9-8-17-6-4-7-18-10-11-20(25(21)27-16)24(19)23(17)18;/h4,6-11,14-15H,5,12-13H2,1-3H3,(H,26,27);1H. The molecule has 148 valence electrons. The van der Waals surface area contributed by atoms with Gasteiger partial charge in [0.05, 0.1) is 5.52 Å². The van der Waals surface area contributed by atoms with Crippen LogP contribution in [0.2, 0.25) is 0 Å². The highest BCUT2D eigenvalue weighted by atomic mass is 35.5. The summed E-state index contributed by atoms with van der Waals surface area (Å²) in [6.07, 6.45) is 1.12. The molecule has 5 aromatic rings. The van der Waals surface area contributed by atoms with Gasteiger partial charge in [-0.15, -0.1) is 12.4 Å². The normalized spacial score (nSPS) is 11.7. The summed E-state index contributed by atoms with van der Waals surface area (Å²) in [7, 11) is 4.24. The van der Waals surface area contributed by atoms with Gasteiger partial charge in [-0.25, -0.2) is 0 Å². The molecule has 1 N–H and O–H groups in total. The predicted molar refractivity (Wildman–Crippen MR) is 129 cm³/mol. The van der Waals surface area contributed by atoms with Gasteiger partial charge >= 0.3 is 0 Å². The minimum Gasteiger partial charge on any atom is -0.384 e. The van der Waals surface area contributed by atoms with E-state index in [0.29, 0.717) is 0 Å². The number of rotatable bonds is 5. The molecule has 0 spiro atoms. The Hall–Kier alpha value is -2.62. The average Bonchev–Trinajstić information content (AvgIpc) is 2.69. The van der Waals surface area contributed by atoms with Gasteiger partial charge in [0, 0.05) is 28.7 Å². The average molecular weight is 404 g/mol. The van der Waals surface area contributed by atoms with E-state index < -0.39 is 0 Å². The van der Waals surface area contributed by atoms with E-state index in [0.717, 1.165) is 30.7 Å². The van der Waals surface area contributed by atoms with E-state index in [-0.39, 0.29) is 12.4 Å². The molecule has 1 heterocycles. The van der Waals surface area contributed by atoms with Crippen LogP contribution in [0, 0.1) is 6.92 Å². The summed E-state index contributed by atoms with van der Waals surface area (Å²) in [5.41, 5.74) is 3.34. The topological polar surface area (TPSA) is 28.2 Å². The molecule has 0 radical (unpaired) electrons. The van der Waals surface area contributed by atoms with Crippen LogP contribution in [0.25, 0.3) is 43.2 Å². The van der Waals surface area contributed by atoms with Crippen LogP contribution in [-0.2, 0) is 0 Å². The van der Waals surface area contributed by atoms with Crippen molar-refractivity contribution in [2.45, 2.75) is 13.3 Å². The molecular formula is C25H26ClN3. The number of halogens is 1. The number of nitrogens with one attached hydrogen (secondary N) is 1. The number of aromatic nitrogens is 1. The van der Waals surface area contributed by atoms with Crippen LogP contribution >= 0.6 is 12.4 Å². The van der Waals surface area contributed by atoms with E-state index in [4.69, 9.17) is 4.98 Å². The minimum atomic E-state index is 0. The maximum Gasteiger partial charge on any atom is 0.0804 e. The van der Waals surface area contributed by atoms with E-state index in [9.17, 15) is 0 Å². The Morgan fingerprint density at radius 1 is 0.862 bits per heavy atom. The van der Waals surface area contributed by atoms with Gasteiger partial charge in [-0.2, -0.15) is 0 Å². The van der Waals surface area contributed by atoms with Crippen molar-refractivity contribution in [1.29, 1.82) is 0 Å². The van der Waals surface area contributed by atoms with Crippen molar-refractivity contribution in [3.63, 3.8) is 0 Å². The molecule has 5 rings (SSSR count). The zero-order valence-corrected chi connectivity index (χ0v) is 17.9. The van der Waals surface area contributed by atoms with E-state index in [2.05, 4.69) is 85.8 Å². The fourth-order valence-corrected chi connectivity index (χ4v) is 4.38. The molecule has 0 unspecified atom stereocenters. The molecule has 0 atom stereocenters. The summed E-state index contributed by atoms with van der Waals surface area (Å²) >= 11 is 0. The summed E-state index contributed by atoms with van der Waals surface area (Å²) < 4.78 is 0. The first kappa shape index (κ1) is 19.7. The smallest absolute Gasteiger partial charge is 0.0804 e. The predicted octanol–water partition coefficient (Wildman–Crippen LogP) is 6.23. The SMILES string of the molecule is Cc1cc(NCCCN(C)C)c2cc3ccc4cccc5ccc(c2n1)c3c45.Cl. The molecule has 29 heavy (non-hydrogen) atoms. The van der Waals surface area contributed by atoms with Crippen LogP contribution in [0.5, 0.6) is 0 Å². The molecule has 1 aromatic heterocycles. The first-order valence-corrected chi connectivity index (χ1v) is 9.98. The Morgan fingerprint density at radius 2 is 1.59 bits per heavy atom. The second-order valence-corrected chi connectivity index (χ2v) is 8.02. The number of aryl methyl sites for hydroxylation is 1. The third kappa shape index (κ3) is 3.35. The molecule has 0 bridgehead atoms. The monoisotopic (exact) mass is 403 g/mol. The number of pyridine rings is 1. The van der Waals surface area contributed by atoms with Crippen molar-refractivity contribution in [3.05, 3.63) is 60.3 Å². The van der Waals surface area contributed by atoms with Crippen molar-refractivity contribution >= 4 is 61.3 Å². The minimum absolute atomic E-state index is 0. The van der Waals surface area contributed by atoms with Gasteiger partial charge in [-0.1, -0.05) is 42.5 Å². The Morgan fingerprint density at radius 3 is 2.34 bits per heavy atom. The third-order valence-electron chi connectivity index (χ3n) is 5.65. The number of hydrogen-bond donors (Lipinski definition) is 1. The van der Waals surface area contributed by atoms with E-state index in [1.165, 1.54) is 43.4 Å². The molecule has 0 amide bonds. The van der Waals surface area contributed by atoms with Crippen molar-refractivity contribution < 1.29 is 0 Å². The van der Waals surface area contributed by atoms with Crippen LogP contribution < -0.4 is 5.32 Å². The maximum absolute atomic E-state index is 4.95. The second kappa shape index (κ2) is 7.66. The first-order chi connectivity index (χ1) is 13.6. The van der Waals surface area contributed by atoms with Crippen LogP contribution in [0.1, 0.15) is 12.1 Å². The largest absolute Gasteiger partial charge is 0.384 e. The molecule has 4 aromatic carbocycles. The Bertz CT molecular complexity index is 1290. The summed E-state index contributed by atoms with van der Waals surface area (Å²) in [4.78, 5) is 7.18. The quantitative estimate of drug-likeness (QED) is 0.214. The summed E-state index contributed by atoms with van der Waals surface area (Å²) in [6, 6.07) is 20.0. The van der Waals surface area contributed by atoms with Gasteiger partial charge in [-0.05, 0) is 73.0 Å². The lowest BCUT2D eigenvalue weighted by atomic mass is 9.92. The summed E-state index contributed by atoms with van der Waals surface area (Å²) in [5.74, 6) is 0. The van der Waals surface area contributed by atoms with Gasteiger partial charge in [0.15, 0.2) is 0 Å². The molecule has 0 saturated carbocycles. The van der Waals surface area contributed by atoms with Crippen molar-refractivity contribution in [3.8, 4) is 0 Å². The Labute approximate surface area is 177 Å². The van der Waals surface area contributed by atoms with Gasteiger partial charge in [0.1, 0.15) is 0 Å². The number of benzene rings is 4. The zero-order valence-electron chi connectivity index (χ0n) is 17.1. The molecule has 0 aliphatic carbocycles. The fraction of sp³-hybridized carbons (Fsp3) is 0.240. The van der Waals surface area contributed by atoms with Crippen molar-refractivity contribution in [1.82, 2.24) is 9.88 Å². The molecular weight excluding hydrogens is 378 g/mol. The maximum atomic E-state index is 4.95. The van der Waals surface area contributed by atoms with E-state index in [1.54, 1.807) is 0 Å². The van der Waals surface area contributed by atoms with Crippen LogP contribution in [0.4, 0.5) is 5.69 Å². The molecule has 0 saturated heterocycles. The number of fused-ring (bicyclic) bond motifs is 2.